The summed E-state index contributed by atoms with van der Waals surface area (Å²) < 4.78 is 13.6. The van der Waals surface area contributed by atoms with Gasteiger partial charge in [0.1, 0.15) is 5.82 Å². The van der Waals surface area contributed by atoms with Crippen molar-refractivity contribution in [3.8, 4) is 0 Å². The molecule has 2 aromatic carbocycles. The van der Waals surface area contributed by atoms with Gasteiger partial charge in [0.2, 0.25) is 0 Å². The summed E-state index contributed by atoms with van der Waals surface area (Å²) in [7, 11) is 0. The van der Waals surface area contributed by atoms with Crippen molar-refractivity contribution >= 4 is 17.4 Å². The van der Waals surface area contributed by atoms with Gasteiger partial charge < -0.3 is 5.73 Å². The van der Waals surface area contributed by atoms with E-state index < -0.39 is 10.7 Å². The van der Waals surface area contributed by atoms with Crippen LogP contribution in [0.1, 0.15) is 5.56 Å². The van der Waals surface area contributed by atoms with Crippen LogP contribution in [0.4, 0.5) is 10.1 Å². The molecular formula is C13H11FN2O2S. The molecule has 0 saturated heterocycles. The molecule has 0 unspecified atom stereocenters. The lowest BCUT2D eigenvalue weighted by atomic mass is 10.2. The molecule has 6 heteroatoms. The lowest BCUT2D eigenvalue weighted by Crippen LogP contribution is -2.01. The summed E-state index contributed by atoms with van der Waals surface area (Å²) in [6.07, 6.45) is 0. The number of benzene rings is 2. The molecule has 2 aromatic rings. The Morgan fingerprint density at radius 1 is 1.16 bits per heavy atom. The summed E-state index contributed by atoms with van der Waals surface area (Å²) >= 11 is 1.15. The van der Waals surface area contributed by atoms with E-state index >= 15 is 0 Å². The topological polar surface area (TPSA) is 69.2 Å². The average molecular weight is 278 g/mol. The smallest absolute Gasteiger partial charge is 0.283 e. The molecule has 0 atom stereocenters. The normalized spacial score (nSPS) is 10.4. The molecule has 2 rings (SSSR count). The third kappa shape index (κ3) is 2.91. The molecule has 0 aliphatic carbocycles. The zero-order valence-electron chi connectivity index (χ0n) is 9.88. The predicted octanol–water partition coefficient (Wildman–Crippen LogP) is 3.34. The quantitative estimate of drug-likeness (QED) is 0.688. The van der Waals surface area contributed by atoms with E-state index in [1.165, 1.54) is 12.1 Å². The highest BCUT2D eigenvalue weighted by atomic mass is 32.2. The van der Waals surface area contributed by atoms with Crippen LogP contribution in [0.2, 0.25) is 0 Å². The highest BCUT2D eigenvalue weighted by Gasteiger charge is 2.16. The first-order chi connectivity index (χ1) is 9.13. The molecule has 2 N–H and O–H groups in total. The number of hydrogen-bond acceptors (Lipinski definition) is 4. The second kappa shape index (κ2) is 5.81. The molecular weight excluding hydrogens is 267 g/mol. The fourth-order valence-electron chi connectivity index (χ4n) is 1.65. The van der Waals surface area contributed by atoms with Gasteiger partial charge in [-0.2, -0.15) is 0 Å². The number of halogens is 1. The fraction of sp³-hybridized carbons (Fsp3) is 0.0769. The van der Waals surface area contributed by atoms with Gasteiger partial charge in [-0.15, -0.1) is 0 Å². The van der Waals surface area contributed by atoms with Gasteiger partial charge in [-0.3, -0.25) is 10.1 Å². The molecule has 0 aliphatic rings. The number of nitro benzene ring substituents is 1. The minimum atomic E-state index is -0.455. The molecule has 0 aromatic heterocycles. The standard InChI is InChI=1S/C13H11FN2O2S/c14-10-4-3-7-12(9(10)8-15)19-13-6-2-1-5-11(13)16(17)18/h1-7H,8,15H2. The van der Waals surface area contributed by atoms with Crippen LogP contribution in [0.3, 0.4) is 0 Å². The Bertz CT molecular complexity index is 619. The first-order valence-electron chi connectivity index (χ1n) is 5.52. The molecule has 0 amide bonds. The number of para-hydroxylation sites is 1. The molecule has 0 saturated carbocycles. The van der Waals surface area contributed by atoms with Crippen molar-refractivity contribution in [2.45, 2.75) is 16.3 Å². The van der Waals surface area contributed by atoms with Gasteiger partial charge in [0.05, 0.1) is 9.82 Å². The number of rotatable bonds is 4. The number of nitro groups is 1. The Labute approximate surface area is 113 Å². The number of hydrogen-bond donors (Lipinski definition) is 1. The Kier molecular flexibility index (Phi) is 4.13. The maximum atomic E-state index is 13.6. The van der Waals surface area contributed by atoms with Crippen LogP contribution in [0.15, 0.2) is 52.3 Å². The molecule has 0 heterocycles. The van der Waals surface area contributed by atoms with Crippen molar-refractivity contribution in [2.24, 2.45) is 5.73 Å². The minimum Gasteiger partial charge on any atom is -0.326 e. The predicted molar refractivity (Wildman–Crippen MR) is 71.5 cm³/mol. The monoisotopic (exact) mass is 278 g/mol. The van der Waals surface area contributed by atoms with E-state index in [0.717, 1.165) is 11.8 Å². The zero-order valence-corrected chi connectivity index (χ0v) is 10.7. The Morgan fingerprint density at radius 3 is 2.53 bits per heavy atom. The van der Waals surface area contributed by atoms with Crippen LogP contribution in [-0.4, -0.2) is 4.92 Å². The van der Waals surface area contributed by atoms with Gasteiger partial charge in [-0.1, -0.05) is 30.0 Å². The van der Waals surface area contributed by atoms with E-state index in [2.05, 4.69) is 0 Å². The second-order valence-electron chi connectivity index (χ2n) is 3.75. The van der Waals surface area contributed by atoms with Gasteiger partial charge >= 0.3 is 0 Å². The van der Waals surface area contributed by atoms with Crippen molar-refractivity contribution in [1.29, 1.82) is 0 Å². The lowest BCUT2D eigenvalue weighted by Gasteiger charge is -2.08. The van der Waals surface area contributed by atoms with Crippen LogP contribution in [-0.2, 0) is 6.54 Å². The van der Waals surface area contributed by atoms with Gasteiger partial charge in [0, 0.05) is 23.1 Å². The summed E-state index contributed by atoms with van der Waals surface area (Å²) in [5.74, 6) is -0.397. The Balaban J connectivity index is 2.42. The van der Waals surface area contributed by atoms with Crippen LogP contribution in [0.25, 0.3) is 0 Å². The Morgan fingerprint density at radius 2 is 1.84 bits per heavy atom. The zero-order chi connectivity index (χ0) is 13.8. The van der Waals surface area contributed by atoms with E-state index in [9.17, 15) is 14.5 Å². The average Bonchev–Trinajstić information content (AvgIpc) is 2.39. The maximum Gasteiger partial charge on any atom is 0.283 e. The number of nitrogens with zero attached hydrogens (tertiary/aromatic N) is 1. The maximum absolute atomic E-state index is 13.6. The second-order valence-corrected chi connectivity index (χ2v) is 4.83. The molecule has 0 aliphatic heterocycles. The largest absolute Gasteiger partial charge is 0.326 e. The molecule has 0 radical (unpaired) electrons. The summed E-state index contributed by atoms with van der Waals surface area (Å²) in [6, 6.07) is 10.9. The molecule has 19 heavy (non-hydrogen) atoms. The molecule has 0 spiro atoms. The van der Waals surface area contributed by atoms with Gasteiger partial charge in [0.15, 0.2) is 0 Å². The van der Waals surface area contributed by atoms with Crippen LogP contribution < -0.4 is 5.73 Å². The van der Waals surface area contributed by atoms with Gasteiger partial charge in [-0.25, -0.2) is 4.39 Å². The summed E-state index contributed by atoms with van der Waals surface area (Å²) in [5, 5.41) is 10.9. The molecule has 4 nitrogen and oxygen atoms in total. The van der Waals surface area contributed by atoms with E-state index in [1.54, 1.807) is 30.3 Å². The summed E-state index contributed by atoms with van der Waals surface area (Å²) in [5.41, 5.74) is 5.88. The van der Waals surface area contributed by atoms with E-state index in [0.29, 0.717) is 15.4 Å². The van der Waals surface area contributed by atoms with Crippen molar-refractivity contribution in [3.63, 3.8) is 0 Å². The fourth-order valence-corrected chi connectivity index (χ4v) is 2.73. The van der Waals surface area contributed by atoms with Crippen molar-refractivity contribution < 1.29 is 9.31 Å². The molecule has 0 fully saturated rings. The van der Waals surface area contributed by atoms with E-state index in [4.69, 9.17) is 5.73 Å². The van der Waals surface area contributed by atoms with Crippen LogP contribution in [0, 0.1) is 15.9 Å². The van der Waals surface area contributed by atoms with Crippen molar-refractivity contribution in [3.05, 3.63) is 64.0 Å². The van der Waals surface area contributed by atoms with Gasteiger partial charge in [-0.05, 0) is 18.2 Å². The Hall–Kier alpha value is -1.92. The third-order valence-corrected chi connectivity index (χ3v) is 3.73. The van der Waals surface area contributed by atoms with E-state index in [-0.39, 0.29) is 12.2 Å². The molecule has 0 bridgehead atoms. The minimum absolute atomic E-state index is 0.000248. The summed E-state index contributed by atoms with van der Waals surface area (Å²) in [6.45, 7) is 0.0512. The van der Waals surface area contributed by atoms with Gasteiger partial charge in [0.25, 0.3) is 5.69 Å². The highest BCUT2D eigenvalue weighted by molar-refractivity contribution is 7.99. The third-order valence-electron chi connectivity index (χ3n) is 2.56. The number of nitrogens with two attached hydrogens (primary N) is 1. The van der Waals surface area contributed by atoms with E-state index in [1.807, 2.05) is 0 Å². The van der Waals surface area contributed by atoms with Crippen LogP contribution in [0.5, 0.6) is 0 Å². The van der Waals surface area contributed by atoms with Crippen molar-refractivity contribution in [1.82, 2.24) is 0 Å². The molecule has 98 valence electrons. The van der Waals surface area contributed by atoms with Crippen LogP contribution >= 0.6 is 11.8 Å². The lowest BCUT2D eigenvalue weighted by molar-refractivity contribution is -0.387. The first kappa shape index (κ1) is 13.5. The highest BCUT2D eigenvalue weighted by Crippen LogP contribution is 2.36. The van der Waals surface area contributed by atoms with Crippen molar-refractivity contribution in [2.75, 3.05) is 0 Å². The SMILES string of the molecule is NCc1c(F)cccc1Sc1ccccc1[N+](=O)[O-]. The first-order valence-corrected chi connectivity index (χ1v) is 6.34. The summed E-state index contributed by atoms with van der Waals surface area (Å²) in [4.78, 5) is 11.5.